The van der Waals surface area contributed by atoms with Crippen LogP contribution in [-0.4, -0.2) is 18.0 Å². The molecule has 0 bridgehead atoms. The van der Waals surface area contributed by atoms with Gasteiger partial charge in [0.1, 0.15) is 0 Å². The van der Waals surface area contributed by atoms with Crippen molar-refractivity contribution in [2.24, 2.45) is 11.8 Å². The summed E-state index contributed by atoms with van der Waals surface area (Å²) in [7, 11) is 0. The predicted octanol–water partition coefficient (Wildman–Crippen LogP) is 0.134. The third-order valence-corrected chi connectivity index (χ3v) is 2.93. The van der Waals surface area contributed by atoms with Crippen molar-refractivity contribution in [3.8, 4) is 6.07 Å². The van der Waals surface area contributed by atoms with E-state index in [-0.39, 0.29) is 23.8 Å². The van der Waals surface area contributed by atoms with Gasteiger partial charge in [-0.1, -0.05) is 6.42 Å². The first-order valence-corrected chi connectivity index (χ1v) is 4.73. The van der Waals surface area contributed by atoms with Crippen LogP contribution in [0.4, 0.5) is 4.79 Å². The van der Waals surface area contributed by atoms with E-state index in [9.17, 15) is 9.59 Å². The molecule has 0 aromatic carbocycles. The van der Waals surface area contributed by atoms with E-state index in [0.717, 1.165) is 19.3 Å². The SMILES string of the molecule is N#CC1CCCC2C(=O)NC(=O)NC12. The Hall–Kier alpha value is -1.57. The molecule has 0 aromatic heterocycles. The van der Waals surface area contributed by atoms with Gasteiger partial charge in [0.15, 0.2) is 0 Å². The van der Waals surface area contributed by atoms with Crippen LogP contribution in [0, 0.1) is 23.2 Å². The first-order chi connectivity index (χ1) is 6.72. The Morgan fingerprint density at radius 3 is 2.86 bits per heavy atom. The van der Waals surface area contributed by atoms with Crippen LogP contribution < -0.4 is 10.6 Å². The average Bonchev–Trinajstić information content (AvgIpc) is 2.17. The highest BCUT2D eigenvalue weighted by molar-refractivity contribution is 5.98. The number of urea groups is 1. The van der Waals surface area contributed by atoms with E-state index in [4.69, 9.17) is 5.26 Å². The number of nitrogens with zero attached hydrogens (tertiary/aromatic N) is 1. The quantitative estimate of drug-likeness (QED) is 0.573. The molecule has 74 valence electrons. The van der Waals surface area contributed by atoms with Crippen molar-refractivity contribution in [3.63, 3.8) is 0 Å². The maximum Gasteiger partial charge on any atom is 0.321 e. The molecule has 1 heterocycles. The van der Waals surface area contributed by atoms with Gasteiger partial charge in [0.25, 0.3) is 0 Å². The highest BCUT2D eigenvalue weighted by Crippen LogP contribution is 2.30. The zero-order chi connectivity index (χ0) is 10.1. The summed E-state index contributed by atoms with van der Waals surface area (Å²) < 4.78 is 0. The van der Waals surface area contributed by atoms with E-state index in [1.54, 1.807) is 0 Å². The summed E-state index contributed by atoms with van der Waals surface area (Å²) in [5.41, 5.74) is 0. The third kappa shape index (κ3) is 1.33. The van der Waals surface area contributed by atoms with Gasteiger partial charge in [0.2, 0.25) is 5.91 Å². The molecule has 2 aliphatic rings. The number of carbonyl (C=O) groups is 2. The fourth-order valence-corrected chi connectivity index (χ4v) is 2.23. The van der Waals surface area contributed by atoms with Crippen LogP contribution in [0.25, 0.3) is 0 Å². The van der Waals surface area contributed by atoms with Gasteiger partial charge < -0.3 is 5.32 Å². The summed E-state index contributed by atoms with van der Waals surface area (Å²) in [5.74, 6) is -0.673. The van der Waals surface area contributed by atoms with Crippen molar-refractivity contribution in [1.29, 1.82) is 5.26 Å². The Labute approximate surface area is 81.5 Å². The maximum absolute atomic E-state index is 11.4. The second-order valence-corrected chi connectivity index (χ2v) is 3.76. The Morgan fingerprint density at radius 2 is 2.14 bits per heavy atom. The van der Waals surface area contributed by atoms with Gasteiger partial charge in [-0.25, -0.2) is 4.79 Å². The van der Waals surface area contributed by atoms with E-state index in [1.165, 1.54) is 0 Å². The van der Waals surface area contributed by atoms with E-state index in [2.05, 4.69) is 16.7 Å². The number of nitrogens with one attached hydrogen (secondary N) is 2. The monoisotopic (exact) mass is 193 g/mol. The molecule has 2 fully saturated rings. The molecule has 3 atom stereocenters. The lowest BCUT2D eigenvalue weighted by Crippen LogP contribution is -2.61. The van der Waals surface area contributed by atoms with Crippen LogP contribution in [0.1, 0.15) is 19.3 Å². The van der Waals surface area contributed by atoms with Gasteiger partial charge >= 0.3 is 6.03 Å². The van der Waals surface area contributed by atoms with Crippen molar-refractivity contribution < 1.29 is 9.59 Å². The smallest absolute Gasteiger partial charge is 0.321 e. The average molecular weight is 193 g/mol. The highest BCUT2D eigenvalue weighted by atomic mass is 16.2. The van der Waals surface area contributed by atoms with Crippen LogP contribution >= 0.6 is 0 Å². The molecule has 0 spiro atoms. The molecule has 3 amide bonds. The Bertz CT molecular complexity index is 321. The minimum Gasteiger partial charge on any atom is -0.333 e. The summed E-state index contributed by atoms with van der Waals surface area (Å²) >= 11 is 0. The minimum absolute atomic E-state index is 0.217. The second kappa shape index (κ2) is 3.29. The molecule has 0 aromatic rings. The minimum atomic E-state index is -0.474. The predicted molar refractivity (Wildman–Crippen MR) is 46.9 cm³/mol. The molecule has 5 heteroatoms. The van der Waals surface area contributed by atoms with Crippen molar-refractivity contribution in [1.82, 2.24) is 10.6 Å². The summed E-state index contributed by atoms with van der Waals surface area (Å²) in [6, 6.07) is 1.39. The third-order valence-electron chi connectivity index (χ3n) is 2.93. The number of hydrogen-bond donors (Lipinski definition) is 2. The molecule has 0 radical (unpaired) electrons. The normalized spacial score (nSPS) is 36.4. The van der Waals surface area contributed by atoms with Crippen LogP contribution in [0.5, 0.6) is 0 Å². The largest absolute Gasteiger partial charge is 0.333 e. The van der Waals surface area contributed by atoms with Crippen molar-refractivity contribution in [3.05, 3.63) is 0 Å². The van der Waals surface area contributed by atoms with Gasteiger partial charge in [-0.3, -0.25) is 10.1 Å². The Balaban J connectivity index is 2.21. The first-order valence-electron chi connectivity index (χ1n) is 4.73. The Kier molecular flexibility index (Phi) is 2.12. The summed E-state index contributed by atoms with van der Waals surface area (Å²) in [5, 5.41) is 13.8. The Morgan fingerprint density at radius 1 is 1.36 bits per heavy atom. The fourth-order valence-electron chi connectivity index (χ4n) is 2.23. The zero-order valence-corrected chi connectivity index (χ0v) is 7.62. The van der Waals surface area contributed by atoms with Crippen LogP contribution in [0.2, 0.25) is 0 Å². The summed E-state index contributed by atoms with van der Waals surface area (Å²) in [4.78, 5) is 22.5. The topological polar surface area (TPSA) is 82.0 Å². The molecule has 5 nitrogen and oxygen atoms in total. The van der Waals surface area contributed by atoms with Crippen molar-refractivity contribution in [2.45, 2.75) is 25.3 Å². The van der Waals surface area contributed by atoms with E-state index < -0.39 is 6.03 Å². The molecular weight excluding hydrogens is 182 g/mol. The molecule has 1 saturated carbocycles. The summed E-state index contributed by atoms with van der Waals surface area (Å²) in [6.07, 6.45) is 2.41. The second-order valence-electron chi connectivity index (χ2n) is 3.76. The fraction of sp³-hybridized carbons (Fsp3) is 0.667. The molecule has 1 saturated heterocycles. The standard InChI is InChI=1S/C9H11N3O2/c10-4-5-2-1-3-6-7(5)11-9(14)12-8(6)13/h5-7H,1-3H2,(H2,11,12,13,14). The molecule has 2 rings (SSSR count). The lowest BCUT2D eigenvalue weighted by Gasteiger charge is -2.37. The molecule has 3 unspecified atom stereocenters. The molecule has 1 aliphatic heterocycles. The number of imide groups is 1. The van der Waals surface area contributed by atoms with Crippen molar-refractivity contribution >= 4 is 11.9 Å². The lowest BCUT2D eigenvalue weighted by molar-refractivity contribution is -0.127. The van der Waals surface area contributed by atoms with E-state index in [0.29, 0.717) is 0 Å². The molecular formula is C9H11N3O2. The van der Waals surface area contributed by atoms with E-state index in [1.807, 2.05) is 0 Å². The number of amides is 3. The van der Waals surface area contributed by atoms with Gasteiger partial charge in [-0.2, -0.15) is 5.26 Å². The highest BCUT2D eigenvalue weighted by Gasteiger charge is 2.42. The zero-order valence-electron chi connectivity index (χ0n) is 7.62. The van der Waals surface area contributed by atoms with Gasteiger partial charge in [-0.15, -0.1) is 0 Å². The summed E-state index contributed by atoms with van der Waals surface area (Å²) in [6.45, 7) is 0. The van der Waals surface area contributed by atoms with Crippen LogP contribution in [0.15, 0.2) is 0 Å². The van der Waals surface area contributed by atoms with Gasteiger partial charge in [0.05, 0.1) is 23.9 Å². The first kappa shape index (κ1) is 9.00. The number of hydrogen-bond acceptors (Lipinski definition) is 3. The molecule has 14 heavy (non-hydrogen) atoms. The van der Waals surface area contributed by atoms with Crippen molar-refractivity contribution in [2.75, 3.05) is 0 Å². The number of rotatable bonds is 0. The maximum atomic E-state index is 11.4. The molecule has 2 N–H and O–H groups in total. The van der Waals surface area contributed by atoms with E-state index >= 15 is 0 Å². The van der Waals surface area contributed by atoms with Gasteiger partial charge in [-0.05, 0) is 12.8 Å². The number of carbonyl (C=O) groups excluding carboxylic acids is 2. The molecule has 1 aliphatic carbocycles. The van der Waals surface area contributed by atoms with Gasteiger partial charge in [0, 0.05) is 0 Å². The number of nitriles is 1. The number of fused-ring (bicyclic) bond motifs is 1. The lowest BCUT2D eigenvalue weighted by atomic mass is 9.76. The van der Waals surface area contributed by atoms with Crippen LogP contribution in [0.3, 0.4) is 0 Å². The van der Waals surface area contributed by atoms with Crippen LogP contribution in [-0.2, 0) is 4.79 Å².